The molecule has 270 valence electrons. The Labute approximate surface area is 335 Å². The molecule has 1 atom stereocenters. The lowest BCUT2D eigenvalue weighted by Gasteiger charge is -2.20. The minimum absolute atomic E-state index is 0.108. The van der Waals surface area contributed by atoms with Crippen molar-refractivity contribution in [3.05, 3.63) is 205 Å². The summed E-state index contributed by atoms with van der Waals surface area (Å²) in [6.45, 7) is 2.32. The molecule has 8 aromatic carbocycles. The lowest BCUT2D eigenvalue weighted by molar-refractivity contribution is 0.791. The van der Waals surface area contributed by atoms with Crippen molar-refractivity contribution < 1.29 is 0 Å². The number of hydrogen-bond donors (Lipinski definition) is 0. The second-order valence-corrected chi connectivity index (χ2v) is 16.1. The van der Waals surface area contributed by atoms with Crippen LogP contribution >= 0.6 is 11.3 Å². The van der Waals surface area contributed by atoms with Gasteiger partial charge < -0.3 is 4.57 Å². The molecule has 0 saturated heterocycles. The summed E-state index contributed by atoms with van der Waals surface area (Å²) >= 11 is 1.86. The van der Waals surface area contributed by atoms with Crippen LogP contribution in [0.1, 0.15) is 30.0 Å². The number of aromatic nitrogens is 1. The zero-order valence-electron chi connectivity index (χ0n) is 31.4. The van der Waals surface area contributed by atoms with Crippen molar-refractivity contribution >= 4 is 81.3 Å². The number of hydrogen-bond acceptors (Lipinski definition) is 3. The van der Waals surface area contributed by atoms with Crippen LogP contribution in [0.25, 0.3) is 75.3 Å². The Bertz CT molecular complexity index is 3260. The monoisotopic (exact) mass is 747 g/mol. The fraction of sp³-hybridized carbons (Fsp3) is 0.0566. The highest BCUT2D eigenvalue weighted by Gasteiger charge is 2.24. The summed E-state index contributed by atoms with van der Waals surface area (Å²) in [5.74, 6) is 0.828. The molecule has 0 saturated carbocycles. The van der Waals surface area contributed by atoms with E-state index in [2.05, 4.69) is 200 Å². The molecule has 1 aliphatic heterocycles. The van der Waals surface area contributed by atoms with E-state index in [1.807, 2.05) is 11.3 Å². The Hall–Kier alpha value is -6.88. The lowest BCUT2D eigenvalue weighted by Crippen LogP contribution is -2.18. The van der Waals surface area contributed by atoms with Crippen molar-refractivity contribution in [3.8, 4) is 16.8 Å². The van der Waals surface area contributed by atoms with E-state index in [0.717, 1.165) is 46.0 Å². The summed E-state index contributed by atoms with van der Waals surface area (Å²) in [7, 11) is 0. The highest BCUT2D eigenvalue weighted by molar-refractivity contribution is 7.25. The van der Waals surface area contributed by atoms with Crippen LogP contribution in [0, 0.1) is 5.92 Å². The van der Waals surface area contributed by atoms with Crippen molar-refractivity contribution in [2.45, 2.75) is 13.3 Å². The summed E-state index contributed by atoms with van der Waals surface area (Å²) in [6, 6.07) is 65.5. The number of nitrogens with zero attached hydrogens (tertiary/aromatic N) is 3. The maximum Gasteiger partial charge on any atom is 0.160 e. The summed E-state index contributed by atoms with van der Waals surface area (Å²) in [5, 5.41) is 7.50. The van der Waals surface area contributed by atoms with E-state index in [-0.39, 0.29) is 5.92 Å². The zero-order valence-corrected chi connectivity index (χ0v) is 32.2. The number of benzene rings is 8. The largest absolute Gasteiger partial charge is 0.309 e. The van der Waals surface area contributed by atoms with Crippen molar-refractivity contribution in [2.75, 3.05) is 0 Å². The average Bonchev–Trinajstić information content (AvgIpc) is 3.80. The second kappa shape index (κ2) is 13.7. The maximum atomic E-state index is 5.64. The fourth-order valence-electron chi connectivity index (χ4n) is 8.60. The predicted molar refractivity (Wildman–Crippen MR) is 244 cm³/mol. The van der Waals surface area contributed by atoms with Gasteiger partial charge in [-0.05, 0) is 70.3 Å². The Morgan fingerprint density at radius 3 is 1.93 bits per heavy atom. The average molecular weight is 748 g/mol. The number of fused-ring (bicyclic) bond motifs is 7. The summed E-state index contributed by atoms with van der Waals surface area (Å²) in [5.41, 5.74) is 11.2. The number of para-hydroxylation sites is 1. The molecule has 0 fully saturated rings. The topological polar surface area (TPSA) is 29.6 Å². The molecule has 0 bridgehead atoms. The van der Waals surface area contributed by atoms with Crippen molar-refractivity contribution in [2.24, 2.45) is 15.9 Å². The summed E-state index contributed by atoms with van der Waals surface area (Å²) in [6.07, 6.45) is 3.11. The van der Waals surface area contributed by atoms with Gasteiger partial charge in [-0.3, -0.25) is 0 Å². The van der Waals surface area contributed by atoms with Crippen LogP contribution in [-0.4, -0.2) is 16.1 Å². The molecule has 3 nitrogen and oxygen atoms in total. The SMILES string of the molecule is CC1C/C=C(c2ccc(-c3ccccc3)cc2)/N=C(c2ccccc2)\N=C/1c1cc(-n2c3ccccc3c3cc4ccccc4cc32)cc2sc3ccccc3c12. The second-order valence-electron chi connectivity index (χ2n) is 15.0. The van der Waals surface area contributed by atoms with Gasteiger partial charge in [0.15, 0.2) is 5.84 Å². The van der Waals surface area contributed by atoms with E-state index in [4.69, 9.17) is 9.98 Å². The predicted octanol–water partition coefficient (Wildman–Crippen LogP) is 14.3. The molecule has 57 heavy (non-hydrogen) atoms. The van der Waals surface area contributed by atoms with Crippen molar-refractivity contribution in [3.63, 3.8) is 0 Å². The van der Waals surface area contributed by atoms with Gasteiger partial charge in [-0.1, -0.05) is 159 Å². The third kappa shape index (κ3) is 5.80. The van der Waals surface area contributed by atoms with Gasteiger partial charge in [0.05, 0.1) is 22.4 Å². The van der Waals surface area contributed by atoms with Crippen LogP contribution in [0.2, 0.25) is 0 Å². The van der Waals surface area contributed by atoms with Crippen molar-refractivity contribution in [1.82, 2.24) is 4.57 Å². The molecule has 0 amide bonds. The molecule has 10 aromatic rings. The molecule has 0 aliphatic carbocycles. The molecule has 0 spiro atoms. The number of amidine groups is 1. The molecule has 3 heterocycles. The van der Waals surface area contributed by atoms with Crippen LogP contribution < -0.4 is 0 Å². The van der Waals surface area contributed by atoms with Gasteiger partial charge in [0.1, 0.15) is 0 Å². The summed E-state index contributed by atoms with van der Waals surface area (Å²) in [4.78, 5) is 11.0. The molecule has 0 N–H and O–H groups in total. The third-order valence-electron chi connectivity index (χ3n) is 11.4. The van der Waals surface area contributed by atoms with Crippen LogP contribution in [0.15, 0.2) is 198 Å². The molecule has 0 radical (unpaired) electrons. The zero-order chi connectivity index (χ0) is 37.9. The van der Waals surface area contributed by atoms with Gasteiger partial charge in [0.2, 0.25) is 0 Å². The van der Waals surface area contributed by atoms with Gasteiger partial charge >= 0.3 is 0 Å². The van der Waals surface area contributed by atoms with Crippen LogP contribution in [-0.2, 0) is 0 Å². The van der Waals surface area contributed by atoms with Crippen LogP contribution in [0.4, 0.5) is 0 Å². The molecule has 2 aromatic heterocycles. The maximum absolute atomic E-state index is 5.64. The molecule has 1 unspecified atom stereocenters. The Morgan fingerprint density at radius 1 is 0.509 bits per heavy atom. The van der Waals surface area contributed by atoms with E-state index >= 15 is 0 Å². The van der Waals surface area contributed by atoms with E-state index in [0.29, 0.717) is 0 Å². The standard InChI is InChI=1S/C53H37N3S/c1-34-24-29-46(37-27-25-36(26-28-37)35-14-4-2-5-15-35)54-53(38-16-6-3-7-17-38)55-52(34)45-32-41(33-50-51(45)43-21-11-13-23-49(43)57-50)56-47-22-12-10-20-42(47)44-30-39-18-8-9-19-40(39)31-48(44)56/h2-23,25-34H,24H2,1H3/b46-29+,54-53-,55-52+. The van der Waals surface area contributed by atoms with Gasteiger partial charge in [0.25, 0.3) is 0 Å². The van der Waals surface area contributed by atoms with Gasteiger partial charge in [-0.25, -0.2) is 9.98 Å². The molecular formula is C53H37N3S. The fourth-order valence-corrected chi connectivity index (χ4v) is 9.77. The first kappa shape index (κ1) is 33.5. The number of allylic oxidation sites excluding steroid dienone is 1. The molecule has 4 heteroatoms. The number of rotatable bonds is 5. The quantitative estimate of drug-likeness (QED) is 0.168. The molecule has 11 rings (SSSR count). The number of thiophene rings is 1. The van der Waals surface area contributed by atoms with Crippen molar-refractivity contribution in [1.29, 1.82) is 0 Å². The Kier molecular flexibility index (Phi) is 8.04. The Balaban J connectivity index is 1.14. The van der Waals surface area contributed by atoms with Gasteiger partial charge in [0, 0.05) is 53.7 Å². The van der Waals surface area contributed by atoms with E-state index < -0.39 is 0 Å². The minimum atomic E-state index is 0.108. The van der Waals surface area contributed by atoms with Gasteiger partial charge in [-0.15, -0.1) is 11.3 Å². The lowest BCUT2D eigenvalue weighted by atomic mass is 9.90. The smallest absolute Gasteiger partial charge is 0.160 e. The molecule has 1 aliphatic rings. The van der Waals surface area contributed by atoms with E-state index in [1.165, 1.54) is 63.9 Å². The highest BCUT2D eigenvalue weighted by atomic mass is 32.1. The third-order valence-corrected chi connectivity index (χ3v) is 12.6. The molecular weight excluding hydrogens is 711 g/mol. The number of aliphatic imine (C=N–C) groups is 2. The van der Waals surface area contributed by atoms with Crippen LogP contribution in [0.5, 0.6) is 0 Å². The summed E-state index contributed by atoms with van der Waals surface area (Å²) < 4.78 is 4.98. The normalized spacial score (nSPS) is 17.6. The first-order valence-corrected chi connectivity index (χ1v) is 20.4. The highest BCUT2D eigenvalue weighted by Crippen LogP contribution is 2.42. The van der Waals surface area contributed by atoms with Gasteiger partial charge in [-0.2, -0.15) is 0 Å². The van der Waals surface area contributed by atoms with E-state index in [9.17, 15) is 0 Å². The Morgan fingerprint density at radius 2 is 1.14 bits per heavy atom. The van der Waals surface area contributed by atoms with Crippen LogP contribution in [0.3, 0.4) is 0 Å². The van der Waals surface area contributed by atoms with E-state index in [1.54, 1.807) is 0 Å². The first-order valence-electron chi connectivity index (χ1n) is 19.6. The minimum Gasteiger partial charge on any atom is -0.309 e. The first-order chi connectivity index (χ1) is 28.2.